The standard InChI is InChI=1S/C12H22O8S2/c1-17-21(15)9-19-11(13)7-5-3-4-6-8-12(14)20-10-22(16)18-2/h3-10H2,1-2H3. The molecular weight excluding hydrogens is 336 g/mol. The van der Waals surface area contributed by atoms with Gasteiger partial charge >= 0.3 is 11.9 Å². The van der Waals surface area contributed by atoms with E-state index in [1.54, 1.807) is 0 Å². The molecule has 0 aliphatic carbocycles. The van der Waals surface area contributed by atoms with E-state index in [-0.39, 0.29) is 24.7 Å². The molecule has 0 saturated heterocycles. The summed E-state index contributed by atoms with van der Waals surface area (Å²) in [6.45, 7) is 0. The molecule has 0 N–H and O–H groups in total. The van der Waals surface area contributed by atoms with Crippen molar-refractivity contribution in [3.63, 3.8) is 0 Å². The number of hydrogen-bond acceptors (Lipinski definition) is 8. The Morgan fingerprint density at radius 1 is 0.727 bits per heavy atom. The molecule has 0 aliphatic rings. The van der Waals surface area contributed by atoms with E-state index in [9.17, 15) is 18.0 Å². The number of esters is 2. The molecule has 130 valence electrons. The second-order valence-corrected chi connectivity index (χ2v) is 6.48. The molecular formula is C12H22O8S2. The Bertz CT molecular complexity index is 349. The van der Waals surface area contributed by atoms with E-state index >= 15 is 0 Å². The highest BCUT2D eigenvalue weighted by atomic mass is 32.2. The van der Waals surface area contributed by atoms with Crippen molar-refractivity contribution in [2.75, 3.05) is 26.1 Å². The van der Waals surface area contributed by atoms with Gasteiger partial charge in [-0.25, -0.2) is 8.42 Å². The van der Waals surface area contributed by atoms with E-state index < -0.39 is 34.1 Å². The Morgan fingerprint density at radius 3 is 1.41 bits per heavy atom. The molecule has 0 radical (unpaired) electrons. The van der Waals surface area contributed by atoms with Crippen LogP contribution in [0.1, 0.15) is 38.5 Å². The summed E-state index contributed by atoms with van der Waals surface area (Å²) >= 11 is -3.19. The van der Waals surface area contributed by atoms with Gasteiger partial charge in [-0.1, -0.05) is 12.8 Å². The molecule has 2 unspecified atom stereocenters. The Labute approximate surface area is 135 Å². The van der Waals surface area contributed by atoms with E-state index in [1.165, 1.54) is 14.2 Å². The van der Waals surface area contributed by atoms with Gasteiger partial charge in [-0.15, -0.1) is 0 Å². The Kier molecular flexibility index (Phi) is 13.3. The Hall–Kier alpha value is -0.840. The first kappa shape index (κ1) is 21.2. The van der Waals surface area contributed by atoms with Crippen LogP contribution < -0.4 is 0 Å². The molecule has 0 heterocycles. The predicted octanol–water partition coefficient (Wildman–Crippen LogP) is 0.949. The van der Waals surface area contributed by atoms with Gasteiger partial charge in [0, 0.05) is 12.8 Å². The minimum absolute atomic E-state index is 0.234. The first-order valence-corrected chi connectivity index (χ1v) is 9.15. The van der Waals surface area contributed by atoms with Crippen molar-refractivity contribution in [2.45, 2.75) is 38.5 Å². The Balaban J connectivity index is 3.46. The van der Waals surface area contributed by atoms with Crippen LogP contribution in [0.3, 0.4) is 0 Å². The smallest absolute Gasteiger partial charge is 0.306 e. The molecule has 0 amide bonds. The van der Waals surface area contributed by atoms with E-state index in [1.807, 2.05) is 0 Å². The molecule has 0 aliphatic heterocycles. The van der Waals surface area contributed by atoms with Crippen molar-refractivity contribution in [3.05, 3.63) is 0 Å². The van der Waals surface area contributed by atoms with Crippen molar-refractivity contribution in [1.29, 1.82) is 0 Å². The molecule has 0 aromatic rings. The van der Waals surface area contributed by atoms with Gasteiger partial charge in [0.25, 0.3) is 0 Å². The van der Waals surface area contributed by atoms with Crippen molar-refractivity contribution < 1.29 is 35.8 Å². The summed E-state index contributed by atoms with van der Waals surface area (Å²) < 4.78 is 40.0. The minimum Gasteiger partial charge on any atom is -0.449 e. The summed E-state index contributed by atoms with van der Waals surface area (Å²) in [6.07, 6.45) is 3.25. The monoisotopic (exact) mass is 358 g/mol. The first-order valence-electron chi connectivity index (χ1n) is 6.66. The Morgan fingerprint density at radius 2 is 1.09 bits per heavy atom. The van der Waals surface area contributed by atoms with Crippen molar-refractivity contribution in [2.24, 2.45) is 0 Å². The van der Waals surface area contributed by atoms with Crippen LogP contribution in [0.4, 0.5) is 0 Å². The number of unbranched alkanes of at least 4 members (excludes halogenated alkanes) is 3. The fourth-order valence-corrected chi connectivity index (χ4v) is 2.01. The van der Waals surface area contributed by atoms with Crippen molar-refractivity contribution in [1.82, 2.24) is 0 Å². The van der Waals surface area contributed by atoms with Crippen molar-refractivity contribution in [3.8, 4) is 0 Å². The summed E-state index contributed by atoms with van der Waals surface area (Å²) in [4.78, 5) is 22.5. The molecule has 0 fully saturated rings. The normalized spacial score (nSPS) is 13.4. The van der Waals surface area contributed by atoms with Gasteiger partial charge in [-0.05, 0) is 12.8 Å². The van der Waals surface area contributed by atoms with Crippen LogP contribution in [0, 0.1) is 0 Å². The number of rotatable bonds is 13. The predicted molar refractivity (Wildman–Crippen MR) is 79.9 cm³/mol. The third-order valence-corrected chi connectivity index (χ3v) is 3.88. The topological polar surface area (TPSA) is 105 Å². The number of carbonyl (C=O) groups is 2. The average molecular weight is 358 g/mol. The van der Waals surface area contributed by atoms with Crippen LogP contribution in [-0.4, -0.2) is 46.5 Å². The quantitative estimate of drug-likeness (QED) is 0.354. The lowest BCUT2D eigenvalue weighted by Gasteiger charge is -2.04. The molecule has 0 aromatic heterocycles. The maximum atomic E-state index is 11.3. The molecule has 0 bridgehead atoms. The molecule has 8 nitrogen and oxygen atoms in total. The van der Waals surface area contributed by atoms with Crippen LogP contribution in [0.15, 0.2) is 0 Å². The zero-order chi connectivity index (χ0) is 16.8. The number of hydrogen-bond donors (Lipinski definition) is 0. The van der Waals surface area contributed by atoms with Crippen LogP contribution >= 0.6 is 0 Å². The lowest BCUT2D eigenvalue weighted by atomic mass is 10.1. The van der Waals surface area contributed by atoms with Crippen LogP contribution in [0.2, 0.25) is 0 Å². The summed E-state index contributed by atoms with van der Waals surface area (Å²) in [5.74, 6) is -1.37. The SMILES string of the molecule is COS(=O)COC(=O)CCCCCCC(=O)OCS(=O)OC. The van der Waals surface area contributed by atoms with Crippen molar-refractivity contribution >= 4 is 34.1 Å². The number of ether oxygens (including phenoxy) is 2. The number of carbonyl (C=O) groups excluding carboxylic acids is 2. The lowest BCUT2D eigenvalue weighted by Crippen LogP contribution is -2.10. The zero-order valence-corrected chi connectivity index (χ0v) is 14.4. The van der Waals surface area contributed by atoms with Gasteiger partial charge < -0.3 is 9.47 Å². The lowest BCUT2D eigenvalue weighted by molar-refractivity contribution is -0.142. The maximum absolute atomic E-state index is 11.3. The maximum Gasteiger partial charge on any atom is 0.306 e. The highest BCUT2D eigenvalue weighted by molar-refractivity contribution is 7.80. The van der Waals surface area contributed by atoms with Crippen LogP contribution in [-0.2, 0) is 49.6 Å². The third kappa shape index (κ3) is 12.9. The van der Waals surface area contributed by atoms with E-state index in [2.05, 4.69) is 8.37 Å². The molecule has 0 aromatic carbocycles. The van der Waals surface area contributed by atoms with E-state index in [0.717, 1.165) is 12.8 Å². The third-order valence-electron chi connectivity index (χ3n) is 2.52. The summed E-state index contributed by atoms with van der Waals surface area (Å²) in [5.41, 5.74) is 0. The molecule has 22 heavy (non-hydrogen) atoms. The molecule has 0 spiro atoms. The summed E-state index contributed by atoms with van der Waals surface area (Å²) in [7, 11) is 2.53. The molecule has 0 saturated carbocycles. The molecule has 0 rings (SSSR count). The van der Waals surface area contributed by atoms with Crippen LogP contribution in [0.25, 0.3) is 0 Å². The van der Waals surface area contributed by atoms with Gasteiger partial charge in [0.15, 0.2) is 34.0 Å². The highest BCUT2D eigenvalue weighted by Gasteiger charge is 2.07. The second kappa shape index (κ2) is 13.8. The minimum atomic E-state index is -1.59. The van der Waals surface area contributed by atoms with Gasteiger partial charge in [0.05, 0.1) is 14.2 Å². The van der Waals surface area contributed by atoms with Gasteiger partial charge in [-0.3, -0.25) is 18.0 Å². The molecule has 2 atom stereocenters. The zero-order valence-electron chi connectivity index (χ0n) is 12.7. The molecule has 10 heteroatoms. The summed E-state index contributed by atoms with van der Waals surface area (Å²) in [5, 5.41) is 0. The van der Waals surface area contributed by atoms with Crippen LogP contribution in [0.5, 0.6) is 0 Å². The fraction of sp³-hybridized carbons (Fsp3) is 0.833. The van der Waals surface area contributed by atoms with Gasteiger partial charge in [-0.2, -0.15) is 0 Å². The fourth-order valence-electron chi connectivity index (χ4n) is 1.36. The second-order valence-electron chi connectivity index (χ2n) is 4.12. The average Bonchev–Trinajstić information content (AvgIpc) is 2.53. The van der Waals surface area contributed by atoms with E-state index in [4.69, 9.17) is 9.47 Å². The highest BCUT2D eigenvalue weighted by Crippen LogP contribution is 2.07. The van der Waals surface area contributed by atoms with Gasteiger partial charge in [0.1, 0.15) is 0 Å². The largest absolute Gasteiger partial charge is 0.449 e. The van der Waals surface area contributed by atoms with Gasteiger partial charge in [0.2, 0.25) is 0 Å². The first-order chi connectivity index (χ1) is 10.5. The summed E-state index contributed by atoms with van der Waals surface area (Å²) in [6, 6.07) is 0. The van der Waals surface area contributed by atoms with E-state index in [0.29, 0.717) is 12.8 Å².